The highest BCUT2D eigenvalue weighted by atomic mass is 32.2. The van der Waals surface area contributed by atoms with Crippen LogP contribution in [0.1, 0.15) is 40.5 Å². The first-order valence-corrected chi connectivity index (χ1v) is 13.2. The van der Waals surface area contributed by atoms with Crippen molar-refractivity contribution in [3.05, 3.63) is 102 Å². The highest BCUT2D eigenvalue weighted by molar-refractivity contribution is 7.98. The van der Waals surface area contributed by atoms with Crippen LogP contribution >= 0.6 is 11.8 Å². The Kier molecular flexibility index (Phi) is 6.26. The summed E-state index contributed by atoms with van der Waals surface area (Å²) >= 11 is 1.59. The molecule has 0 atom stereocenters. The summed E-state index contributed by atoms with van der Waals surface area (Å²) in [5.74, 6) is 1.87. The summed E-state index contributed by atoms with van der Waals surface area (Å²) in [5, 5.41) is 13.5. The number of aromatic nitrogens is 5. The number of piperidine rings is 1. The number of thioether (sulfide) groups is 1. The van der Waals surface area contributed by atoms with Gasteiger partial charge in [-0.15, -0.1) is 16.9 Å². The summed E-state index contributed by atoms with van der Waals surface area (Å²) in [6.07, 6.45) is 4.07. The van der Waals surface area contributed by atoms with Crippen molar-refractivity contribution in [1.29, 1.82) is 0 Å². The van der Waals surface area contributed by atoms with Crippen LogP contribution < -0.4 is 0 Å². The first-order valence-electron chi connectivity index (χ1n) is 12.2. The Balaban J connectivity index is 1.14. The number of nitrogens with one attached hydrogen (secondary N) is 1. The Labute approximate surface area is 213 Å². The second kappa shape index (κ2) is 9.99. The summed E-state index contributed by atoms with van der Waals surface area (Å²) in [7, 11) is 0. The molecule has 0 spiro atoms. The molecule has 6 rings (SSSR count). The van der Waals surface area contributed by atoms with Gasteiger partial charge in [-0.05, 0) is 65.1 Å². The average molecular weight is 495 g/mol. The number of tetrazole rings is 1. The van der Waals surface area contributed by atoms with Gasteiger partial charge in [-0.25, -0.2) is 0 Å². The molecule has 3 heterocycles. The van der Waals surface area contributed by atoms with E-state index in [0.717, 1.165) is 47.9 Å². The number of rotatable bonds is 6. The van der Waals surface area contributed by atoms with E-state index in [2.05, 4.69) is 51.0 Å². The molecule has 8 heteroatoms. The standard InChI is InChI=1S/C28H26N6OS/c35-28(33-16-14-20(15-17-33)24-18-29-25-12-6-4-10-22(24)25)23-11-5-7-13-26(23)36-19-27-30-31-32-34(27)21-8-2-1-3-9-21/h1-13,18,20,29H,14-17,19H2. The van der Waals surface area contributed by atoms with Crippen LogP contribution in [0.25, 0.3) is 16.6 Å². The van der Waals surface area contributed by atoms with E-state index in [-0.39, 0.29) is 5.91 Å². The lowest BCUT2D eigenvalue weighted by Crippen LogP contribution is -2.38. The topological polar surface area (TPSA) is 79.7 Å². The average Bonchev–Trinajstić information content (AvgIpc) is 3.60. The van der Waals surface area contributed by atoms with Gasteiger partial charge in [-0.2, -0.15) is 4.68 Å². The molecule has 1 saturated heterocycles. The number of benzene rings is 3. The van der Waals surface area contributed by atoms with Crippen LogP contribution in [0.15, 0.2) is 90.0 Å². The molecule has 1 fully saturated rings. The van der Waals surface area contributed by atoms with E-state index < -0.39 is 0 Å². The van der Waals surface area contributed by atoms with Crippen molar-refractivity contribution in [1.82, 2.24) is 30.1 Å². The lowest BCUT2D eigenvalue weighted by molar-refractivity contribution is 0.0710. The summed E-state index contributed by atoms with van der Waals surface area (Å²) < 4.78 is 1.74. The Morgan fingerprint density at radius 1 is 0.944 bits per heavy atom. The number of para-hydroxylation sites is 2. The molecular formula is C28H26N6OS. The minimum absolute atomic E-state index is 0.0955. The van der Waals surface area contributed by atoms with Crippen LogP contribution in [0.5, 0.6) is 0 Å². The lowest BCUT2D eigenvalue weighted by atomic mass is 9.89. The highest BCUT2D eigenvalue weighted by Crippen LogP contribution is 2.34. The molecule has 1 aliphatic rings. The van der Waals surface area contributed by atoms with Crippen molar-refractivity contribution >= 4 is 28.6 Å². The predicted molar refractivity (Wildman–Crippen MR) is 141 cm³/mol. The Morgan fingerprint density at radius 3 is 2.56 bits per heavy atom. The normalized spacial score (nSPS) is 14.4. The van der Waals surface area contributed by atoms with Crippen LogP contribution in [-0.2, 0) is 5.75 Å². The highest BCUT2D eigenvalue weighted by Gasteiger charge is 2.27. The van der Waals surface area contributed by atoms with E-state index in [4.69, 9.17) is 0 Å². The second-order valence-corrected chi connectivity index (χ2v) is 10.0. The van der Waals surface area contributed by atoms with Gasteiger partial charge in [-0.1, -0.05) is 48.5 Å². The molecule has 0 unspecified atom stereocenters. The van der Waals surface area contributed by atoms with E-state index >= 15 is 0 Å². The van der Waals surface area contributed by atoms with Gasteiger partial charge >= 0.3 is 0 Å². The largest absolute Gasteiger partial charge is 0.361 e. The first kappa shape index (κ1) is 22.5. The zero-order chi connectivity index (χ0) is 24.3. The Morgan fingerprint density at radius 2 is 1.69 bits per heavy atom. The van der Waals surface area contributed by atoms with Crippen LogP contribution in [-0.4, -0.2) is 49.1 Å². The summed E-state index contributed by atoms with van der Waals surface area (Å²) in [4.78, 5) is 19.9. The van der Waals surface area contributed by atoms with Crippen molar-refractivity contribution in [3.63, 3.8) is 0 Å². The van der Waals surface area contributed by atoms with Gasteiger partial charge in [0.25, 0.3) is 5.91 Å². The Hall–Kier alpha value is -3.91. The fourth-order valence-corrected chi connectivity index (χ4v) is 5.92. The fraction of sp³-hybridized carbons (Fsp3) is 0.214. The smallest absolute Gasteiger partial charge is 0.254 e. The van der Waals surface area contributed by atoms with E-state index in [1.54, 1.807) is 16.4 Å². The molecule has 7 nitrogen and oxygen atoms in total. The lowest BCUT2D eigenvalue weighted by Gasteiger charge is -2.32. The van der Waals surface area contributed by atoms with Crippen LogP contribution in [0.4, 0.5) is 0 Å². The molecule has 3 aromatic carbocycles. The van der Waals surface area contributed by atoms with Gasteiger partial charge in [0.2, 0.25) is 0 Å². The fourth-order valence-electron chi connectivity index (χ4n) is 4.97. The van der Waals surface area contributed by atoms with Crippen molar-refractivity contribution in [2.45, 2.75) is 29.4 Å². The maximum atomic E-state index is 13.5. The zero-order valence-corrected chi connectivity index (χ0v) is 20.6. The van der Waals surface area contributed by atoms with E-state index in [0.29, 0.717) is 11.7 Å². The van der Waals surface area contributed by atoms with Crippen molar-refractivity contribution in [2.24, 2.45) is 0 Å². The monoisotopic (exact) mass is 494 g/mol. The minimum Gasteiger partial charge on any atom is -0.361 e. The van der Waals surface area contributed by atoms with Crippen LogP contribution in [0.2, 0.25) is 0 Å². The van der Waals surface area contributed by atoms with E-state index in [9.17, 15) is 4.79 Å². The van der Waals surface area contributed by atoms with Gasteiger partial charge < -0.3 is 9.88 Å². The summed E-state index contributed by atoms with van der Waals surface area (Å²) in [5.41, 5.74) is 4.20. The molecule has 1 amide bonds. The van der Waals surface area contributed by atoms with E-state index in [1.165, 1.54) is 16.5 Å². The van der Waals surface area contributed by atoms with Crippen LogP contribution in [0.3, 0.4) is 0 Å². The van der Waals surface area contributed by atoms with Gasteiger partial charge in [-0.3, -0.25) is 4.79 Å². The maximum absolute atomic E-state index is 13.5. The molecule has 0 bridgehead atoms. The molecular weight excluding hydrogens is 468 g/mol. The second-order valence-electron chi connectivity index (χ2n) is 8.98. The third-order valence-corrected chi connectivity index (χ3v) is 7.92. The minimum atomic E-state index is 0.0955. The zero-order valence-electron chi connectivity index (χ0n) is 19.7. The van der Waals surface area contributed by atoms with Crippen molar-refractivity contribution in [2.75, 3.05) is 13.1 Å². The SMILES string of the molecule is O=C(c1ccccc1SCc1nnnn1-c1ccccc1)N1CCC(c2c[nH]c3ccccc23)CC1. The number of likely N-dealkylation sites (tertiary alicyclic amines) is 1. The number of amides is 1. The molecule has 5 aromatic rings. The summed E-state index contributed by atoms with van der Waals surface area (Å²) in [6, 6.07) is 26.1. The van der Waals surface area contributed by atoms with Crippen LogP contribution in [0, 0.1) is 0 Å². The number of aromatic amines is 1. The van der Waals surface area contributed by atoms with E-state index in [1.807, 2.05) is 59.5 Å². The number of hydrogen-bond donors (Lipinski definition) is 1. The molecule has 2 aromatic heterocycles. The molecule has 0 radical (unpaired) electrons. The van der Waals surface area contributed by atoms with Gasteiger partial charge in [0.15, 0.2) is 5.82 Å². The van der Waals surface area contributed by atoms with Gasteiger partial charge in [0, 0.05) is 35.1 Å². The number of fused-ring (bicyclic) bond motifs is 1. The molecule has 1 N–H and O–H groups in total. The quantitative estimate of drug-likeness (QED) is 0.317. The summed E-state index contributed by atoms with van der Waals surface area (Å²) in [6.45, 7) is 1.52. The van der Waals surface area contributed by atoms with Gasteiger partial charge in [0.1, 0.15) is 0 Å². The molecule has 36 heavy (non-hydrogen) atoms. The van der Waals surface area contributed by atoms with Gasteiger partial charge in [0.05, 0.1) is 17.0 Å². The third kappa shape index (κ3) is 4.40. The predicted octanol–water partition coefficient (Wildman–Crippen LogP) is 5.46. The number of hydrogen-bond acceptors (Lipinski definition) is 5. The third-order valence-electron chi connectivity index (χ3n) is 6.85. The van der Waals surface area contributed by atoms with Crippen molar-refractivity contribution in [3.8, 4) is 5.69 Å². The molecule has 0 saturated carbocycles. The number of H-pyrrole nitrogens is 1. The first-order chi connectivity index (χ1) is 17.8. The Bertz CT molecular complexity index is 1490. The number of nitrogens with zero attached hydrogens (tertiary/aromatic N) is 5. The molecule has 1 aliphatic heterocycles. The number of carbonyl (C=O) groups excluding carboxylic acids is 1. The molecule has 180 valence electrons. The molecule has 0 aliphatic carbocycles. The number of carbonyl (C=O) groups is 1. The van der Waals surface area contributed by atoms with Crippen molar-refractivity contribution < 1.29 is 4.79 Å². The maximum Gasteiger partial charge on any atom is 0.254 e.